The van der Waals surface area contributed by atoms with Crippen LogP contribution in [0.4, 0.5) is 0 Å². The zero-order valence-electron chi connectivity index (χ0n) is 13.1. The SMILES string of the molecule is Cc1sc2ccccc2c1C(=O)OC1CC2CCC(C1)N2C=N. The summed E-state index contributed by atoms with van der Waals surface area (Å²) in [6.07, 6.45) is 5.34. The van der Waals surface area contributed by atoms with E-state index in [1.807, 2.05) is 31.2 Å². The number of fused-ring (bicyclic) bond motifs is 3. The van der Waals surface area contributed by atoms with Crippen molar-refractivity contribution >= 4 is 33.7 Å². The Morgan fingerprint density at radius 3 is 2.70 bits per heavy atom. The average molecular weight is 328 g/mol. The zero-order valence-corrected chi connectivity index (χ0v) is 13.9. The van der Waals surface area contributed by atoms with E-state index in [1.54, 1.807) is 11.3 Å². The smallest absolute Gasteiger partial charge is 0.340 e. The number of carbonyl (C=O) groups excluding carboxylic acids is 1. The Morgan fingerprint density at radius 2 is 2.00 bits per heavy atom. The van der Waals surface area contributed by atoms with Crippen LogP contribution in [0.5, 0.6) is 0 Å². The number of ether oxygens (including phenoxy) is 1. The summed E-state index contributed by atoms with van der Waals surface area (Å²) in [6.45, 7) is 1.99. The van der Waals surface area contributed by atoms with Crippen LogP contribution in [0.25, 0.3) is 10.1 Å². The van der Waals surface area contributed by atoms with Crippen LogP contribution in [0.1, 0.15) is 40.9 Å². The van der Waals surface area contributed by atoms with Gasteiger partial charge in [0.05, 0.1) is 11.9 Å². The van der Waals surface area contributed by atoms with Gasteiger partial charge in [-0.2, -0.15) is 0 Å². The van der Waals surface area contributed by atoms with Crippen LogP contribution in [-0.2, 0) is 4.74 Å². The van der Waals surface area contributed by atoms with Crippen molar-refractivity contribution in [1.29, 1.82) is 5.41 Å². The molecule has 2 unspecified atom stereocenters. The van der Waals surface area contributed by atoms with Gasteiger partial charge in [-0.05, 0) is 25.8 Å². The average Bonchev–Trinajstić information content (AvgIpc) is 3.00. The van der Waals surface area contributed by atoms with Crippen LogP contribution >= 0.6 is 11.3 Å². The maximum absolute atomic E-state index is 12.7. The van der Waals surface area contributed by atoms with Gasteiger partial charge in [0, 0.05) is 39.9 Å². The van der Waals surface area contributed by atoms with Gasteiger partial charge in [-0.3, -0.25) is 5.41 Å². The molecule has 2 saturated heterocycles. The van der Waals surface area contributed by atoms with E-state index in [0.717, 1.165) is 46.2 Å². The molecule has 3 heterocycles. The normalized spacial score (nSPS) is 26.5. The van der Waals surface area contributed by atoms with Crippen LogP contribution in [0.15, 0.2) is 24.3 Å². The van der Waals surface area contributed by atoms with Gasteiger partial charge >= 0.3 is 5.97 Å². The second kappa shape index (κ2) is 5.64. The zero-order chi connectivity index (χ0) is 16.0. The van der Waals surface area contributed by atoms with Crippen LogP contribution in [0.2, 0.25) is 0 Å². The largest absolute Gasteiger partial charge is 0.459 e. The molecule has 2 atom stereocenters. The third kappa shape index (κ3) is 2.43. The summed E-state index contributed by atoms with van der Waals surface area (Å²) in [5, 5.41) is 8.53. The number of hydrogen-bond donors (Lipinski definition) is 1. The van der Waals surface area contributed by atoms with E-state index >= 15 is 0 Å². The summed E-state index contributed by atoms with van der Waals surface area (Å²) in [5.41, 5.74) is 0.729. The summed E-state index contributed by atoms with van der Waals surface area (Å²) in [5.74, 6) is -0.187. The molecular weight excluding hydrogens is 308 g/mol. The van der Waals surface area contributed by atoms with Gasteiger partial charge in [0.1, 0.15) is 6.10 Å². The van der Waals surface area contributed by atoms with E-state index in [2.05, 4.69) is 4.90 Å². The first kappa shape index (κ1) is 14.7. The molecule has 0 saturated carbocycles. The van der Waals surface area contributed by atoms with E-state index in [1.165, 1.54) is 6.34 Å². The van der Waals surface area contributed by atoms with Crippen LogP contribution < -0.4 is 0 Å². The van der Waals surface area contributed by atoms with Crippen LogP contribution in [0, 0.1) is 12.3 Å². The van der Waals surface area contributed by atoms with E-state index < -0.39 is 0 Å². The summed E-state index contributed by atoms with van der Waals surface area (Å²) in [7, 11) is 0. The summed E-state index contributed by atoms with van der Waals surface area (Å²) < 4.78 is 7.00. The monoisotopic (exact) mass is 328 g/mol. The molecule has 2 aromatic rings. The first-order chi connectivity index (χ1) is 11.2. The number of rotatable bonds is 3. The maximum Gasteiger partial charge on any atom is 0.340 e. The fourth-order valence-corrected chi connectivity index (χ4v) is 5.15. The highest BCUT2D eigenvalue weighted by Crippen LogP contribution is 2.37. The summed E-state index contributed by atoms with van der Waals surface area (Å²) in [4.78, 5) is 15.9. The lowest BCUT2D eigenvalue weighted by atomic mass is 10.0. The highest BCUT2D eigenvalue weighted by molar-refractivity contribution is 7.19. The lowest BCUT2D eigenvalue weighted by Crippen LogP contribution is -2.44. The molecule has 1 N–H and O–H groups in total. The van der Waals surface area contributed by atoms with Gasteiger partial charge < -0.3 is 9.64 Å². The van der Waals surface area contributed by atoms with Gasteiger partial charge in [-0.1, -0.05) is 18.2 Å². The molecule has 2 aliphatic rings. The number of nitrogens with one attached hydrogen (secondary N) is 1. The van der Waals surface area contributed by atoms with Crippen molar-refractivity contribution in [2.75, 3.05) is 0 Å². The Labute approximate surface area is 139 Å². The first-order valence-electron chi connectivity index (χ1n) is 8.14. The minimum atomic E-state index is -0.187. The molecule has 1 aromatic heterocycles. The third-order valence-electron chi connectivity index (χ3n) is 5.14. The van der Waals surface area contributed by atoms with Gasteiger partial charge in [-0.25, -0.2) is 4.79 Å². The second-order valence-electron chi connectivity index (χ2n) is 6.49. The van der Waals surface area contributed by atoms with E-state index in [9.17, 15) is 4.79 Å². The molecule has 1 aromatic carbocycles. The van der Waals surface area contributed by atoms with Gasteiger partial charge in [0.15, 0.2) is 0 Å². The number of thiophene rings is 1. The van der Waals surface area contributed by atoms with Crippen molar-refractivity contribution in [2.24, 2.45) is 0 Å². The molecule has 2 aliphatic heterocycles. The maximum atomic E-state index is 12.7. The Bertz CT molecular complexity index is 755. The van der Waals surface area contributed by atoms with E-state index in [4.69, 9.17) is 10.1 Å². The minimum Gasteiger partial charge on any atom is -0.459 e. The minimum absolute atomic E-state index is 0.0192. The van der Waals surface area contributed by atoms with Crippen molar-refractivity contribution in [2.45, 2.75) is 50.8 Å². The number of carbonyl (C=O) groups is 1. The van der Waals surface area contributed by atoms with Crippen molar-refractivity contribution in [1.82, 2.24) is 4.90 Å². The topological polar surface area (TPSA) is 53.4 Å². The summed E-state index contributed by atoms with van der Waals surface area (Å²) >= 11 is 1.65. The lowest BCUT2D eigenvalue weighted by molar-refractivity contribution is 0.00727. The molecule has 4 rings (SSSR count). The van der Waals surface area contributed by atoms with Gasteiger partial charge in [-0.15, -0.1) is 11.3 Å². The Balaban J connectivity index is 1.54. The number of piperidine rings is 1. The Hall–Kier alpha value is -1.88. The van der Waals surface area contributed by atoms with Crippen molar-refractivity contribution in [3.63, 3.8) is 0 Å². The van der Waals surface area contributed by atoms with Crippen molar-refractivity contribution in [3.05, 3.63) is 34.7 Å². The fourth-order valence-electron chi connectivity index (χ4n) is 4.10. The molecule has 0 radical (unpaired) electrons. The molecule has 0 spiro atoms. The molecule has 2 fully saturated rings. The number of esters is 1. The highest BCUT2D eigenvalue weighted by Gasteiger charge is 2.41. The van der Waals surface area contributed by atoms with E-state index in [-0.39, 0.29) is 12.1 Å². The molecular formula is C18H20N2O2S. The third-order valence-corrected chi connectivity index (χ3v) is 6.23. The van der Waals surface area contributed by atoms with Crippen molar-refractivity contribution < 1.29 is 9.53 Å². The Morgan fingerprint density at radius 1 is 1.30 bits per heavy atom. The number of nitrogens with zero attached hydrogens (tertiary/aromatic N) is 1. The Kier molecular flexibility index (Phi) is 3.60. The van der Waals surface area contributed by atoms with Gasteiger partial charge in [0.2, 0.25) is 0 Å². The van der Waals surface area contributed by atoms with E-state index in [0.29, 0.717) is 12.1 Å². The quantitative estimate of drug-likeness (QED) is 0.527. The molecule has 120 valence electrons. The molecule has 0 aliphatic carbocycles. The predicted octanol–water partition coefficient (Wildman–Crippen LogP) is 3.97. The fraction of sp³-hybridized carbons (Fsp3) is 0.444. The van der Waals surface area contributed by atoms with Crippen LogP contribution in [-0.4, -0.2) is 35.4 Å². The predicted molar refractivity (Wildman–Crippen MR) is 92.4 cm³/mol. The molecule has 2 bridgehead atoms. The first-order valence-corrected chi connectivity index (χ1v) is 8.96. The molecule has 0 amide bonds. The van der Waals surface area contributed by atoms with Gasteiger partial charge in [0.25, 0.3) is 0 Å². The number of benzene rings is 1. The number of aryl methyl sites for hydroxylation is 1. The number of hydrogen-bond acceptors (Lipinski definition) is 4. The lowest BCUT2D eigenvalue weighted by Gasteiger charge is -2.37. The highest BCUT2D eigenvalue weighted by atomic mass is 32.1. The second-order valence-corrected chi connectivity index (χ2v) is 7.75. The van der Waals surface area contributed by atoms with Crippen LogP contribution in [0.3, 0.4) is 0 Å². The molecule has 23 heavy (non-hydrogen) atoms. The standard InChI is InChI=1S/C18H20N2O2S/c1-11-17(15-4-2-3-5-16(15)23-11)18(21)22-14-8-12-6-7-13(9-14)20(12)10-19/h2-5,10,12-14,19H,6-9H2,1H3. The summed E-state index contributed by atoms with van der Waals surface area (Å²) in [6, 6.07) is 8.74. The molecule has 5 heteroatoms. The van der Waals surface area contributed by atoms with Crippen molar-refractivity contribution in [3.8, 4) is 0 Å². The molecule has 4 nitrogen and oxygen atoms in total.